The first-order valence-electron chi connectivity index (χ1n) is 9.90. The lowest BCUT2D eigenvalue weighted by atomic mass is 9.85. The molecule has 3 amide bonds. The van der Waals surface area contributed by atoms with Crippen LogP contribution < -0.4 is 10.2 Å². The number of carbonyl (C=O) groups excluding carboxylic acids is 4. The van der Waals surface area contributed by atoms with Crippen LogP contribution in [-0.2, 0) is 19.1 Å². The number of allylic oxidation sites excluding steroid dienone is 2. The monoisotopic (exact) mass is 472 g/mol. The highest BCUT2D eigenvalue weighted by Crippen LogP contribution is 2.37. The summed E-state index contributed by atoms with van der Waals surface area (Å²) in [5, 5.41) is 2.99. The molecule has 2 aromatic carbocycles. The highest BCUT2D eigenvalue weighted by atomic mass is 35.5. The number of carbonyl (C=O) groups is 4. The van der Waals surface area contributed by atoms with Gasteiger partial charge in [-0.15, -0.1) is 0 Å². The minimum absolute atomic E-state index is 0.181. The maximum atomic E-state index is 12.7. The molecule has 1 fully saturated rings. The van der Waals surface area contributed by atoms with Gasteiger partial charge in [-0.1, -0.05) is 41.4 Å². The van der Waals surface area contributed by atoms with Gasteiger partial charge in [0.05, 0.1) is 38.8 Å². The summed E-state index contributed by atoms with van der Waals surface area (Å²) in [7, 11) is 0. The van der Waals surface area contributed by atoms with E-state index in [1.165, 1.54) is 29.2 Å². The summed E-state index contributed by atoms with van der Waals surface area (Å²) < 4.78 is 5.03. The molecular formula is C23H18Cl2N2O5. The second kappa shape index (κ2) is 9.14. The summed E-state index contributed by atoms with van der Waals surface area (Å²) in [4.78, 5) is 50.8. The van der Waals surface area contributed by atoms with Crippen molar-refractivity contribution in [2.75, 3.05) is 16.8 Å². The first-order chi connectivity index (χ1) is 15.4. The summed E-state index contributed by atoms with van der Waals surface area (Å²) in [6, 6.07) is 10.7. The quantitative estimate of drug-likeness (QED) is 0.398. The normalized spacial score (nSPS) is 19.6. The Kier molecular flexibility index (Phi) is 6.30. The van der Waals surface area contributed by atoms with Crippen LogP contribution in [0.5, 0.6) is 0 Å². The number of benzene rings is 2. The Morgan fingerprint density at radius 3 is 2.22 bits per heavy atom. The van der Waals surface area contributed by atoms with Gasteiger partial charge in [-0.3, -0.25) is 19.3 Å². The van der Waals surface area contributed by atoms with Crippen LogP contribution in [0.15, 0.2) is 54.6 Å². The molecule has 7 nitrogen and oxygen atoms in total. The molecule has 9 heteroatoms. The lowest BCUT2D eigenvalue weighted by molar-refractivity contribution is -0.122. The van der Waals surface area contributed by atoms with Crippen molar-refractivity contribution in [1.29, 1.82) is 0 Å². The molecule has 1 aliphatic heterocycles. The molecule has 2 atom stereocenters. The molecule has 2 aromatic rings. The van der Waals surface area contributed by atoms with Crippen LogP contribution in [0.4, 0.5) is 11.4 Å². The average Bonchev–Trinajstić information content (AvgIpc) is 3.06. The first-order valence-corrected chi connectivity index (χ1v) is 10.7. The minimum atomic E-state index is -0.721. The second-order valence-electron chi connectivity index (χ2n) is 7.44. The molecular weight excluding hydrogens is 455 g/mol. The topological polar surface area (TPSA) is 92.8 Å². The summed E-state index contributed by atoms with van der Waals surface area (Å²) >= 11 is 11.9. The third kappa shape index (κ3) is 4.26. The summed E-state index contributed by atoms with van der Waals surface area (Å²) in [5.74, 6) is -2.41. The van der Waals surface area contributed by atoms with Crippen LogP contribution >= 0.6 is 23.2 Å². The van der Waals surface area contributed by atoms with Gasteiger partial charge in [0.25, 0.3) is 5.91 Å². The van der Waals surface area contributed by atoms with E-state index in [1.807, 2.05) is 12.2 Å². The van der Waals surface area contributed by atoms with Crippen molar-refractivity contribution in [3.63, 3.8) is 0 Å². The Labute approximate surface area is 193 Å². The van der Waals surface area contributed by atoms with E-state index in [2.05, 4.69) is 5.32 Å². The zero-order valence-electron chi connectivity index (χ0n) is 16.7. The third-order valence-electron chi connectivity index (χ3n) is 5.43. The van der Waals surface area contributed by atoms with Gasteiger partial charge in [0, 0.05) is 0 Å². The van der Waals surface area contributed by atoms with Gasteiger partial charge < -0.3 is 10.1 Å². The predicted octanol–water partition coefficient (Wildman–Crippen LogP) is 4.24. The number of rotatable bonds is 5. The van der Waals surface area contributed by atoms with Crippen molar-refractivity contribution in [3.05, 3.63) is 70.2 Å². The molecule has 0 aromatic heterocycles. The van der Waals surface area contributed by atoms with Gasteiger partial charge in [0.2, 0.25) is 11.8 Å². The lowest BCUT2D eigenvalue weighted by Crippen LogP contribution is -2.30. The van der Waals surface area contributed by atoms with Crippen LogP contribution in [0.3, 0.4) is 0 Å². The van der Waals surface area contributed by atoms with Crippen molar-refractivity contribution in [2.45, 2.75) is 12.8 Å². The first kappa shape index (κ1) is 22.0. The number of hydrogen-bond acceptors (Lipinski definition) is 5. The van der Waals surface area contributed by atoms with Crippen molar-refractivity contribution >= 4 is 58.3 Å². The number of nitrogens with one attached hydrogen (secondary N) is 1. The highest BCUT2D eigenvalue weighted by molar-refractivity contribution is 6.44. The van der Waals surface area contributed by atoms with E-state index >= 15 is 0 Å². The van der Waals surface area contributed by atoms with Gasteiger partial charge in [-0.2, -0.15) is 0 Å². The number of nitrogens with zero attached hydrogens (tertiary/aromatic N) is 1. The number of ether oxygens (including phenoxy) is 1. The van der Waals surface area contributed by atoms with Crippen LogP contribution in [0.2, 0.25) is 10.0 Å². The van der Waals surface area contributed by atoms with Gasteiger partial charge in [-0.05, 0) is 49.2 Å². The number of halogens is 2. The zero-order valence-corrected chi connectivity index (χ0v) is 18.2. The van der Waals surface area contributed by atoms with Gasteiger partial charge in [0.1, 0.15) is 0 Å². The third-order valence-corrected chi connectivity index (χ3v) is 6.25. The standard InChI is InChI=1S/C23H18Cl2N2O5/c24-17-6-3-7-18(20(17)25)26-19(28)12-32-23(31)13-8-10-14(11-9-13)27-21(29)15-4-1-2-5-16(15)22(27)30/h1-3,6-11,15-16H,4-5,12H2,(H,26,28)/t15-,16-/m1/s1. The molecule has 0 saturated carbocycles. The molecule has 4 rings (SSSR count). The largest absolute Gasteiger partial charge is 0.452 e. The smallest absolute Gasteiger partial charge is 0.338 e. The van der Waals surface area contributed by atoms with Crippen molar-refractivity contribution in [2.24, 2.45) is 11.8 Å². The van der Waals surface area contributed by atoms with Crippen LogP contribution in [0, 0.1) is 11.8 Å². The van der Waals surface area contributed by atoms with E-state index in [4.69, 9.17) is 27.9 Å². The van der Waals surface area contributed by atoms with Crippen LogP contribution in [0.25, 0.3) is 0 Å². The number of imide groups is 1. The van der Waals surface area contributed by atoms with E-state index in [-0.39, 0.29) is 39.3 Å². The summed E-state index contributed by atoms with van der Waals surface area (Å²) in [5.41, 5.74) is 0.889. The molecule has 1 aliphatic carbocycles. The molecule has 0 bridgehead atoms. The minimum Gasteiger partial charge on any atom is -0.452 e. The Morgan fingerprint density at radius 2 is 1.59 bits per heavy atom. The summed E-state index contributed by atoms with van der Waals surface area (Å²) in [6.45, 7) is -0.525. The Hall–Kier alpha value is -3.16. The maximum absolute atomic E-state index is 12.7. The number of fused-ring (bicyclic) bond motifs is 1. The van der Waals surface area contributed by atoms with E-state index < -0.39 is 18.5 Å². The molecule has 0 unspecified atom stereocenters. The molecule has 0 spiro atoms. The average molecular weight is 473 g/mol. The molecule has 1 N–H and O–H groups in total. The zero-order chi connectivity index (χ0) is 22.8. The SMILES string of the molecule is O=C(COC(=O)c1ccc(N2C(=O)[C@@H]3CC=CC[C@H]3C2=O)cc1)Nc1cccc(Cl)c1Cl. The van der Waals surface area contributed by atoms with Gasteiger partial charge >= 0.3 is 5.97 Å². The van der Waals surface area contributed by atoms with E-state index in [0.717, 1.165) is 0 Å². The van der Waals surface area contributed by atoms with Crippen LogP contribution in [-0.4, -0.2) is 30.3 Å². The number of esters is 1. The predicted molar refractivity (Wildman–Crippen MR) is 120 cm³/mol. The lowest BCUT2D eigenvalue weighted by Gasteiger charge is -2.15. The Morgan fingerprint density at radius 1 is 0.969 bits per heavy atom. The second-order valence-corrected chi connectivity index (χ2v) is 8.23. The fraction of sp³-hybridized carbons (Fsp3) is 0.217. The molecule has 32 heavy (non-hydrogen) atoms. The van der Waals surface area contributed by atoms with Gasteiger partial charge in [-0.25, -0.2) is 4.79 Å². The van der Waals surface area contributed by atoms with E-state index in [9.17, 15) is 19.2 Å². The Bertz CT molecular complexity index is 1100. The number of hydrogen-bond donors (Lipinski definition) is 1. The number of anilines is 2. The van der Waals surface area contributed by atoms with Crippen molar-refractivity contribution < 1.29 is 23.9 Å². The number of amides is 3. The molecule has 1 heterocycles. The van der Waals surface area contributed by atoms with Gasteiger partial charge in [0.15, 0.2) is 6.61 Å². The van der Waals surface area contributed by atoms with Crippen molar-refractivity contribution in [3.8, 4) is 0 Å². The Balaban J connectivity index is 1.36. The fourth-order valence-electron chi connectivity index (χ4n) is 3.80. The summed E-state index contributed by atoms with van der Waals surface area (Å²) in [6.07, 6.45) is 4.95. The molecule has 0 radical (unpaired) electrons. The van der Waals surface area contributed by atoms with E-state index in [0.29, 0.717) is 24.2 Å². The fourth-order valence-corrected chi connectivity index (χ4v) is 4.15. The maximum Gasteiger partial charge on any atom is 0.338 e. The molecule has 2 aliphatic rings. The van der Waals surface area contributed by atoms with E-state index in [1.54, 1.807) is 18.2 Å². The molecule has 164 valence electrons. The highest BCUT2D eigenvalue weighted by Gasteiger charge is 2.47. The van der Waals surface area contributed by atoms with Crippen LogP contribution in [0.1, 0.15) is 23.2 Å². The molecule has 1 saturated heterocycles. The van der Waals surface area contributed by atoms with Crippen molar-refractivity contribution in [1.82, 2.24) is 0 Å².